The number of halogens is 1. The van der Waals surface area contributed by atoms with Crippen LogP contribution in [0.2, 0.25) is 5.02 Å². The molecule has 0 fully saturated rings. The van der Waals surface area contributed by atoms with Crippen molar-refractivity contribution < 1.29 is 0 Å². The van der Waals surface area contributed by atoms with Crippen LogP contribution in [0.15, 0.2) is 12.4 Å². The van der Waals surface area contributed by atoms with Crippen LogP contribution < -0.4 is 11.3 Å². The molecule has 0 aliphatic carbocycles. The number of hydrogen-bond donors (Lipinski definition) is 2. The molecule has 74 valence electrons. The molecule has 0 saturated carbocycles. The van der Waals surface area contributed by atoms with Crippen LogP contribution in [0.3, 0.4) is 0 Å². The molecule has 0 aliphatic rings. The lowest BCUT2D eigenvalue weighted by molar-refractivity contribution is 0.677. The minimum Gasteiger partial charge on any atom is -0.298 e. The van der Waals surface area contributed by atoms with Crippen molar-refractivity contribution in [3.8, 4) is 0 Å². The van der Waals surface area contributed by atoms with Crippen molar-refractivity contribution in [2.24, 2.45) is 5.84 Å². The molecule has 0 amide bonds. The SMILES string of the molecule is NNc1nnc(Cn2cc(Cl)cn2)s1. The molecular weight excluding hydrogens is 224 g/mol. The summed E-state index contributed by atoms with van der Waals surface area (Å²) in [5, 5.41) is 13.7. The van der Waals surface area contributed by atoms with Crippen LogP contribution in [0, 0.1) is 0 Å². The molecule has 3 N–H and O–H groups in total. The summed E-state index contributed by atoms with van der Waals surface area (Å²) in [5.74, 6) is 5.18. The Balaban J connectivity index is 2.10. The summed E-state index contributed by atoms with van der Waals surface area (Å²) in [6.45, 7) is 0.548. The highest BCUT2D eigenvalue weighted by atomic mass is 35.5. The summed E-state index contributed by atoms with van der Waals surface area (Å²) >= 11 is 7.09. The first-order valence-electron chi connectivity index (χ1n) is 3.75. The quantitative estimate of drug-likeness (QED) is 0.600. The molecule has 0 atom stereocenters. The van der Waals surface area contributed by atoms with E-state index in [1.807, 2.05) is 0 Å². The Morgan fingerprint density at radius 1 is 1.57 bits per heavy atom. The predicted octanol–water partition coefficient (Wildman–Crippen LogP) is 0.722. The zero-order valence-electron chi connectivity index (χ0n) is 7.01. The number of nitrogens with zero attached hydrogens (tertiary/aromatic N) is 4. The highest BCUT2D eigenvalue weighted by molar-refractivity contribution is 7.15. The van der Waals surface area contributed by atoms with Crippen molar-refractivity contribution in [2.75, 3.05) is 5.43 Å². The van der Waals surface area contributed by atoms with Crippen molar-refractivity contribution in [1.29, 1.82) is 0 Å². The first kappa shape index (κ1) is 9.38. The number of hydrazine groups is 1. The van der Waals surface area contributed by atoms with Gasteiger partial charge in [0.2, 0.25) is 5.13 Å². The second kappa shape index (κ2) is 3.91. The average Bonchev–Trinajstić information content (AvgIpc) is 2.76. The number of aromatic nitrogens is 4. The van der Waals surface area contributed by atoms with Gasteiger partial charge >= 0.3 is 0 Å². The van der Waals surface area contributed by atoms with E-state index < -0.39 is 0 Å². The normalized spacial score (nSPS) is 10.4. The van der Waals surface area contributed by atoms with E-state index in [-0.39, 0.29) is 0 Å². The van der Waals surface area contributed by atoms with Crippen LogP contribution in [0.1, 0.15) is 5.01 Å². The molecule has 0 radical (unpaired) electrons. The van der Waals surface area contributed by atoms with Gasteiger partial charge in [-0.15, -0.1) is 10.2 Å². The molecule has 0 aliphatic heterocycles. The molecule has 0 saturated heterocycles. The van der Waals surface area contributed by atoms with Gasteiger partial charge in [0.05, 0.1) is 17.8 Å². The second-order valence-corrected chi connectivity index (χ2v) is 4.00. The van der Waals surface area contributed by atoms with Gasteiger partial charge in [-0.25, -0.2) is 5.84 Å². The molecule has 6 nitrogen and oxygen atoms in total. The Bertz CT molecular complexity index is 423. The third-order valence-corrected chi connectivity index (χ3v) is 2.52. The van der Waals surface area contributed by atoms with E-state index in [4.69, 9.17) is 17.4 Å². The fourth-order valence-electron chi connectivity index (χ4n) is 0.939. The van der Waals surface area contributed by atoms with Crippen molar-refractivity contribution in [3.05, 3.63) is 22.4 Å². The maximum absolute atomic E-state index is 5.71. The van der Waals surface area contributed by atoms with Crippen LogP contribution >= 0.6 is 22.9 Å². The number of rotatable bonds is 3. The van der Waals surface area contributed by atoms with Gasteiger partial charge in [0.1, 0.15) is 5.01 Å². The average molecular weight is 231 g/mol. The van der Waals surface area contributed by atoms with E-state index in [9.17, 15) is 0 Å². The molecule has 8 heteroatoms. The standard InChI is InChI=1S/C6H7ClN6S/c7-4-1-9-13(2-4)3-5-11-12-6(10-8)14-5/h1-2H,3,8H2,(H,10,12). The van der Waals surface area contributed by atoms with E-state index in [1.54, 1.807) is 17.1 Å². The number of nitrogen functional groups attached to an aromatic ring is 1. The fraction of sp³-hybridized carbons (Fsp3) is 0.167. The molecular formula is C6H7ClN6S. The van der Waals surface area contributed by atoms with Crippen LogP contribution in [-0.2, 0) is 6.54 Å². The molecule has 2 aromatic heterocycles. The number of anilines is 1. The van der Waals surface area contributed by atoms with Crippen molar-refractivity contribution in [1.82, 2.24) is 20.0 Å². The van der Waals surface area contributed by atoms with Gasteiger partial charge in [0.25, 0.3) is 0 Å². The fourth-order valence-corrected chi connectivity index (χ4v) is 1.74. The van der Waals surface area contributed by atoms with Crippen LogP contribution in [0.5, 0.6) is 0 Å². The Morgan fingerprint density at radius 2 is 2.43 bits per heavy atom. The Labute approximate surface area is 88.7 Å². The van der Waals surface area contributed by atoms with Gasteiger partial charge < -0.3 is 0 Å². The minimum absolute atomic E-state index is 0.548. The van der Waals surface area contributed by atoms with Crippen molar-refractivity contribution in [2.45, 2.75) is 6.54 Å². The monoisotopic (exact) mass is 230 g/mol. The summed E-state index contributed by atoms with van der Waals surface area (Å²) in [6, 6.07) is 0. The third kappa shape index (κ3) is 2.00. The first-order valence-corrected chi connectivity index (χ1v) is 4.94. The minimum atomic E-state index is 0.548. The largest absolute Gasteiger partial charge is 0.298 e. The molecule has 0 spiro atoms. The smallest absolute Gasteiger partial charge is 0.219 e. The summed E-state index contributed by atoms with van der Waals surface area (Å²) in [7, 11) is 0. The van der Waals surface area contributed by atoms with E-state index in [0.29, 0.717) is 16.7 Å². The lowest BCUT2D eigenvalue weighted by atomic mass is 10.7. The zero-order valence-corrected chi connectivity index (χ0v) is 8.59. The molecule has 0 aromatic carbocycles. The summed E-state index contributed by atoms with van der Waals surface area (Å²) in [5.41, 5.74) is 2.43. The molecule has 2 aromatic rings. The summed E-state index contributed by atoms with van der Waals surface area (Å²) in [6.07, 6.45) is 3.29. The number of hydrogen-bond acceptors (Lipinski definition) is 6. The highest BCUT2D eigenvalue weighted by Gasteiger charge is 2.04. The van der Waals surface area contributed by atoms with Gasteiger partial charge in [-0.1, -0.05) is 22.9 Å². The van der Waals surface area contributed by atoms with Gasteiger partial charge in [0, 0.05) is 6.20 Å². The van der Waals surface area contributed by atoms with Gasteiger partial charge in [-0.2, -0.15) is 5.10 Å². The van der Waals surface area contributed by atoms with E-state index in [1.165, 1.54) is 11.3 Å². The molecule has 0 bridgehead atoms. The zero-order chi connectivity index (χ0) is 9.97. The lowest BCUT2D eigenvalue weighted by Gasteiger charge is -1.94. The van der Waals surface area contributed by atoms with Crippen LogP contribution in [0.25, 0.3) is 0 Å². The molecule has 2 rings (SSSR count). The lowest BCUT2D eigenvalue weighted by Crippen LogP contribution is -2.05. The van der Waals surface area contributed by atoms with Crippen LogP contribution in [-0.4, -0.2) is 20.0 Å². The predicted molar refractivity (Wildman–Crippen MR) is 54.1 cm³/mol. The summed E-state index contributed by atoms with van der Waals surface area (Å²) < 4.78 is 1.68. The Kier molecular flexibility index (Phi) is 2.62. The van der Waals surface area contributed by atoms with E-state index >= 15 is 0 Å². The summed E-state index contributed by atoms with van der Waals surface area (Å²) in [4.78, 5) is 0. The van der Waals surface area contributed by atoms with Crippen LogP contribution in [0.4, 0.5) is 5.13 Å². The third-order valence-electron chi connectivity index (χ3n) is 1.49. The number of nitrogens with one attached hydrogen (secondary N) is 1. The van der Waals surface area contributed by atoms with Gasteiger partial charge in [0.15, 0.2) is 0 Å². The first-order chi connectivity index (χ1) is 6.78. The van der Waals surface area contributed by atoms with E-state index in [2.05, 4.69) is 20.7 Å². The highest BCUT2D eigenvalue weighted by Crippen LogP contribution is 2.15. The second-order valence-electron chi connectivity index (χ2n) is 2.50. The topological polar surface area (TPSA) is 81.6 Å². The molecule has 2 heterocycles. The maximum atomic E-state index is 5.71. The van der Waals surface area contributed by atoms with Crippen molar-refractivity contribution in [3.63, 3.8) is 0 Å². The Hall–Kier alpha value is -1.18. The Morgan fingerprint density at radius 3 is 3.00 bits per heavy atom. The maximum Gasteiger partial charge on any atom is 0.219 e. The van der Waals surface area contributed by atoms with Gasteiger partial charge in [-0.05, 0) is 0 Å². The van der Waals surface area contributed by atoms with E-state index in [0.717, 1.165) is 5.01 Å². The molecule has 14 heavy (non-hydrogen) atoms. The molecule has 0 unspecified atom stereocenters. The van der Waals surface area contributed by atoms with Crippen molar-refractivity contribution >= 4 is 28.1 Å². The number of nitrogens with two attached hydrogens (primary N) is 1. The van der Waals surface area contributed by atoms with Gasteiger partial charge in [-0.3, -0.25) is 10.1 Å².